The number of hydrogen-bond donors (Lipinski definition) is 1. The van der Waals surface area contributed by atoms with E-state index in [1.807, 2.05) is 6.92 Å². The minimum Gasteiger partial charge on any atom is -0.476 e. The monoisotopic (exact) mass is 244 g/mol. The molecule has 2 aromatic rings. The van der Waals surface area contributed by atoms with E-state index in [2.05, 4.69) is 9.97 Å². The van der Waals surface area contributed by atoms with Crippen LogP contribution < -0.4 is 0 Å². The SMILES string of the molecule is CCCC(=O)c1cc2ncccc2nc1C(=O)O. The van der Waals surface area contributed by atoms with Gasteiger partial charge in [0.2, 0.25) is 0 Å². The van der Waals surface area contributed by atoms with E-state index >= 15 is 0 Å². The Hall–Kier alpha value is -2.30. The minimum atomic E-state index is -1.19. The summed E-state index contributed by atoms with van der Waals surface area (Å²) in [7, 11) is 0. The quantitative estimate of drug-likeness (QED) is 0.835. The van der Waals surface area contributed by atoms with Crippen LogP contribution in [0.5, 0.6) is 0 Å². The van der Waals surface area contributed by atoms with Gasteiger partial charge in [-0.25, -0.2) is 9.78 Å². The third-order valence-corrected chi connectivity index (χ3v) is 2.56. The second-order valence-corrected chi connectivity index (χ2v) is 3.90. The molecule has 0 aliphatic rings. The highest BCUT2D eigenvalue weighted by Crippen LogP contribution is 2.17. The summed E-state index contributed by atoms with van der Waals surface area (Å²) in [4.78, 5) is 31.1. The Bertz CT molecular complexity index is 623. The Balaban J connectivity index is 2.65. The topological polar surface area (TPSA) is 80.2 Å². The van der Waals surface area contributed by atoms with E-state index in [1.54, 1.807) is 18.3 Å². The van der Waals surface area contributed by atoms with Crippen LogP contribution in [0.1, 0.15) is 40.6 Å². The number of carbonyl (C=O) groups excluding carboxylic acids is 1. The van der Waals surface area contributed by atoms with Crippen LogP contribution in [0.3, 0.4) is 0 Å². The number of pyridine rings is 2. The molecule has 5 heteroatoms. The maximum absolute atomic E-state index is 11.9. The molecule has 0 radical (unpaired) electrons. The zero-order valence-corrected chi connectivity index (χ0v) is 9.88. The molecule has 0 fully saturated rings. The van der Waals surface area contributed by atoms with Crippen molar-refractivity contribution in [1.29, 1.82) is 0 Å². The molecule has 0 bridgehead atoms. The molecule has 18 heavy (non-hydrogen) atoms. The molecule has 0 amide bonds. The summed E-state index contributed by atoms with van der Waals surface area (Å²) in [6, 6.07) is 4.85. The van der Waals surface area contributed by atoms with Crippen molar-refractivity contribution in [3.8, 4) is 0 Å². The summed E-state index contributed by atoms with van der Waals surface area (Å²) in [5.41, 5.74) is 0.939. The first-order valence-electron chi connectivity index (χ1n) is 5.65. The van der Waals surface area contributed by atoms with Crippen LogP contribution in [0.4, 0.5) is 0 Å². The van der Waals surface area contributed by atoms with Crippen molar-refractivity contribution in [2.75, 3.05) is 0 Å². The number of hydrogen-bond acceptors (Lipinski definition) is 4. The van der Waals surface area contributed by atoms with Crippen LogP contribution in [-0.2, 0) is 0 Å². The fourth-order valence-corrected chi connectivity index (χ4v) is 1.74. The average Bonchev–Trinajstić information content (AvgIpc) is 2.37. The summed E-state index contributed by atoms with van der Waals surface area (Å²) >= 11 is 0. The molecular formula is C13H12N2O3. The van der Waals surface area contributed by atoms with Gasteiger partial charge in [0.05, 0.1) is 16.6 Å². The molecule has 0 spiro atoms. The average molecular weight is 244 g/mol. The number of aromatic carboxylic acids is 1. The molecule has 2 aromatic heterocycles. The molecule has 0 unspecified atom stereocenters. The van der Waals surface area contributed by atoms with E-state index in [-0.39, 0.29) is 17.0 Å². The normalized spacial score (nSPS) is 10.5. The molecule has 0 aromatic carbocycles. The fraction of sp³-hybridized carbons (Fsp3) is 0.231. The Morgan fingerprint density at radius 3 is 2.78 bits per heavy atom. The predicted octanol–water partition coefficient (Wildman–Crippen LogP) is 2.31. The van der Waals surface area contributed by atoms with Gasteiger partial charge in [-0.1, -0.05) is 6.92 Å². The Morgan fingerprint density at radius 2 is 2.11 bits per heavy atom. The molecular weight excluding hydrogens is 232 g/mol. The molecule has 0 saturated carbocycles. The molecule has 2 heterocycles. The van der Waals surface area contributed by atoms with Gasteiger partial charge in [-0.3, -0.25) is 9.78 Å². The van der Waals surface area contributed by atoms with Gasteiger partial charge >= 0.3 is 5.97 Å². The van der Waals surface area contributed by atoms with Crippen LogP contribution in [-0.4, -0.2) is 26.8 Å². The van der Waals surface area contributed by atoms with Gasteiger partial charge in [-0.05, 0) is 24.6 Å². The number of Topliss-reactive ketones (excluding diaryl/α,β-unsaturated/α-hetero) is 1. The van der Waals surface area contributed by atoms with Crippen molar-refractivity contribution in [2.45, 2.75) is 19.8 Å². The van der Waals surface area contributed by atoms with Crippen LogP contribution >= 0.6 is 0 Å². The summed E-state index contributed by atoms with van der Waals surface area (Å²) in [6.07, 6.45) is 2.55. The molecule has 1 N–H and O–H groups in total. The van der Waals surface area contributed by atoms with E-state index in [0.717, 1.165) is 0 Å². The molecule has 0 aliphatic heterocycles. The summed E-state index contributed by atoms with van der Waals surface area (Å²) in [5.74, 6) is -1.41. The highest BCUT2D eigenvalue weighted by molar-refractivity contribution is 6.06. The van der Waals surface area contributed by atoms with Crippen molar-refractivity contribution in [1.82, 2.24) is 9.97 Å². The number of carboxylic acids is 1. The van der Waals surface area contributed by atoms with Crippen LogP contribution in [0.2, 0.25) is 0 Å². The predicted molar refractivity (Wildman–Crippen MR) is 65.7 cm³/mol. The second kappa shape index (κ2) is 4.91. The largest absolute Gasteiger partial charge is 0.476 e. The summed E-state index contributed by atoms with van der Waals surface area (Å²) in [6.45, 7) is 1.87. The lowest BCUT2D eigenvalue weighted by Gasteiger charge is -2.05. The first-order valence-corrected chi connectivity index (χ1v) is 5.65. The van der Waals surface area contributed by atoms with Gasteiger partial charge in [-0.2, -0.15) is 0 Å². The van der Waals surface area contributed by atoms with Crippen molar-refractivity contribution < 1.29 is 14.7 Å². The van der Waals surface area contributed by atoms with Crippen LogP contribution in [0.25, 0.3) is 11.0 Å². The van der Waals surface area contributed by atoms with Gasteiger partial charge in [-0.15, -0.1) is 0 Å². The van der Waals surface area contributed by atoms with E-state index in [9.17, 15) is 9.59 Å². The maximum atomic E-state index is 11.9. The van der Waals surface area contributed by atoms with Crippen LogP contribution in [0.15, 0.2) is 24.4 Å². The minimum absolute atomic E-state index is 0.135. The molecule has 0 aliphatic carbocycles. The first kappa shape index (κ1) is 12.2. The lowest BCUT2D eigenvalue weighted by molar-refractivity contribution is 0.0685. The Kier molecular flexibility index (Phi) is 3.32. The standard InChI is InChI=1S/C13H12N2O3/c1-2-4-11(16)8-7-10-9(5-3-6-14-10)15-12(8)13(17)18/h3,5-7H,2,4H2,1H3,(H,17,18). The lowest BCUT2D eigenvalue weighted by atomic mass is 10.0. The maximum Gasteiger partial charge on any atom is 0.355 e. The fourth-order valence-electron chi connectivity index (χ4n) is 1.74. The second-order valence-electron chi connectivity index (χ2n) is 3.90. The highest BCUT2D eigenvalue weighted by atomic mass is 16.4. The highest BCUT2D eigenvalue weighted by Gasteiger charge is 2.19. The zero-order valence-electron chi connectivity index (χ0n) is 9.88. The van der Waals surface area contributed by atoms with Gasteiger partial charge in [0.15, 0.2) is 11.5 Å². The van der Waals surface area contributed by atoms with E-state index in [4.69, 9.17) is 5.11 Å². The van der Waals surface area contributed by atoms with Gasteiger partial charge in [0.25, 0.3) is 0 Å². The number of aromatic nitrogens is 2. The molecule has 5 nitrogen and oxygen atoms in total. The number of carboxylic acid groups (broad SMARTS) is 1. The number of rotatable bonds is 4. The van der Waals surface area contributed by atoms with Crippen LogP contribution in [0, 0.1) is 0 Å². The molecule has 0 saturated heterocycles. The smallest absolute Gasteiger partial charge is 0.355 e. The number of ketones is 1. The number of fused-ring (bicyclic) bond motifs is 1. The van der Waals surface area contributed by atoms with Crippen molar-refractivity contribution >= 4 is 22.8 Å². The number of nitrogens with zero attached hydrogens (tertiary/aromatic N) is 2. The van der Waals surface area contributed by atoms with Crippen molar-refractivity contribution in [3.05, 3.63) is 35.7 Å². The molecule has 2 rings (SSSR count). The van der Waals surface area contributed by atoms with Gasteiger partial charge in [0, 0.05) is 12.6 Å². The first-order chi connectivity index (χ1) is 8.63. The van der Waals surface area contributed by atoms with Gasteiger partial charge in [0.1, 0.15) is 0 Å². The van der Waals surface area contributed by atoms with Crippen molar-refractivity contribution in [3.63, 3.8) is 0 Å². The van der Waals surface area contributed by atoms with E-state index in [0.29, 0.717) is 23.9 Å². The Morgan fingerprint density at radius 1 is 1.33 bits per heavy atom. The van der Waals surface area contributed by atoms with Gasteiger partial charge < -0.3 is 5.11 Å². The summed E-state index contributed by atoms with van der Waals surface area (Å²) in [5, 5.41) is 9.11. The number of carbonyl (C=O) groups is 2. The zero-order chi connectivity index (χ0) is 13.1. The molecule has 92 valence electrons. The molecule has 0 atom stereocenters. The Labute approximate surface area is 103 Å². The summed E-state index contributed by atoms with van der Waals surface area (Å²) < 4.78 is 0. The van der Waals surface area contributed by atoms with Crippen molar-refractivity contribution in [2.24, 2.45) is 0 Å². The third-order valence-electron chi connectivity index (χ3n) is 2.56. The van der Waals surface area contributed by atoms with E-state index in [1.165, 1.54) is 6.07 Å². The third kappa shape index (κ3) is 2.20. The van der Waals surface area contributed by atoms with E-state index < -0.39 is 5.97 Å². The lowest BCUT2D eigenvalue weighted by Crippen LogP contribution is -2.11.